The fourth-order valence-electron chi connectivity index (χ4n) is 5.80. The third kappa shape index (κ3) is 8.99. The van der Waals surface area contributed by atoms with E-state index in [-0.39, 0.29) is 51.6 Å². The van der Waals surface area contributed by atoms with E-state index in [9.17, 15) is 71.7 Å². The quantitative estimate of drug-likeness (QED) is 0.0388. The van der Waals surface area contributed by atoms with E-state index in [4.69, 9.17) is 11.5 Å². The molecule has 0 fully saturated rings. The van der Waals surface area contributed by atoms with Gasteiger partial charge in [-0.15, -0.1) is 0 Å². The van der Waals surface area contributed by atoms with Gasteiger partial charge in [0.05, 0.1) is 38.0 Å². The van der Waals surface area contributed by atoms with E-state index in [0.717, 1.165) is 24.3 Å². The Hall–Kier alpha value is -5.48. The van der Waals surface area contributed by atoms with Gasteiger partial charge >= 0.3 is 0 Å². The van der Waals surface area contributed by atoms with Crippen molar-refractivity contribution in [3.05, 3.63) is 82.9 Å². The molecule has 10 N–H and O–H groups in total. The van der Waals surface area contributed by atoms with Crippen molar-refractivity contribution in [1.29, 1.82) is 0 Å². The minimum absolute atomic E-state index is 0. The van der Waals surface area contributed by atoms with Gasteiger partial charge < -0.3 is 30.8 Å². The zero-order chi connectivity index (χ0) is 42.9. The molecule has 2 aliphatic carbocycles. The number of nitrogen functional groups attached to an aromatic ring is 2. The zero-order valence-electron chi connectivity index (χ0n) is 28.9. The van der Waals surface area contributed by atoms with Crippen molar-refractivity contribution < 1.29 is 106 Å². The topological polar surface area (TPSA) is 399 Å². The zero-order valence-corrected chi connectivity index (χ0v) is 34.1. The van der Waals surface area contributed by atoms with Gasteiger partial charge in [0.15, 0.2) is 0 Å². The second-order valence-electron chi connectivity index (χ2n) is 12.0. The fourth-order valence-corrected chi connectivity index (χ4v) is 9.22. The Morgan fingerprint density at radius 3 is 1.43 bits per heavy atom. The number of anilines is 4. The molecule has 4 aromatic rings. The van der Waals surface area contributed by atoms with Crippen LogP contribution < -0.4 is 22.3 Å². The number of phenols is 2. The maximum atomic E-state index is 13.2. The molecular weight excluding hydrogens is 980 g/mol. The number of fused-ring (bicyclic) bond motifs is 2. The van der Waals surface area contributed by atoms with Crippen LogP contribution in [-0.2, 0) is 74.6 Å². The maximum Gasteiger partial charge on any atom is 0.296 e. The standard InChI is InChI=1S/C32H24N6O16S4.2Cu/c33-17-11-26(57(49,50)51)32(58(52,53)54)16-4-8-20(30(41)27(16)17)37-35-18-5-1-13(9-22(18)39)14-2-6-19(23(40)10-14)36-38-21-7-3-15-24(55(43,44)45)12-25(56(46,47)48)29(34)28(15)31(21)42;;/h1-12,35-36,39-40H,33-34H2,(H,43,44,45)(H,46,47,48)(H,49,50,51)(H,52,53,54);;/p-2. The first-order chi connectivity index (χ1) is 26.8. The largest absolute Gasteiger partial charge is 0.744 e. The molecule has 0 saturated carbocycles. The Morgan fingerprint density at radius 2 is 1.02 bits per heavy atom. The van der Waals surface area contributed by atoms with E-state index in [1.807, 2.05) is 0 Å². The number of carbonyl (C=O) groups is 2. The number of hydrogen-bond donors (Lipinski definition) is 8. The van der Waals surface area contributed by atoms with Crippen LogP contribution in [0.5, 0.6) is 11.5 Å². The molecule has 2 aliphatic rings. The van der Waals surface area contributed by atoms with Crippen LogP contribution in [-0.4, -0.2) is 85.1 Å². The van der Waals surface area contributed by atoms with E-state index in [2.05, 4.69) is 21.1 Å². The Bertz CT molecular complexity index is 3150. The Morgan fingerprint density at radius 1 is 0.567 bits per heavy atom. The maximum absolute atomic E-state index is 13.2. The molecular formula is C32H22Cu2N6O16S4-2. The number of carbonyl (C=O) groups excluding carboxylic acids is 2. The Balaban J connectivity index is 0.00000397. The van der Waals surface area contributed by atoms with Crippen molar-refractivity contribution in [2.24, 2.45) is 10.2 Å². The molecule has 0 amide bonds. The molecule has 0 saturated heterocycles. The first-order valence-electron chi connectivity index (χ1n) is 15.4. The van der Waals surface area contributed by atoms with Crippen LogP contribution in [0.1, 0.15) is 31.8 Å². The number of phenolic OH excluding ortho intramolecular Hbond substituents is 2. The number of ketones is 2. The van der Waals surface area contributed by atoms with E-state index in [0.29, 0.717) is 17.2 Å². The minimum Gasteiger partial charge on any atom is -0.744 e. The van der Waals surface area contributed by atoms with Crippen LogP contribution in [0.25, 0.3) is 23.3 Å². The number of rotatable bonds is 9. The molecule has 2 radical (unpaired) electrons. The summed E-state index contributed by atoms with van der Waals surface area (Å²) in [6.45, 7) is 0. The first-order valence-corrected chi connectivity index (χ1v) is 21.1. The summed E-state index contributed by atoms with van der Waals surface area (Å²) in [5.74, 6) is -3.08. The number of allylic oxidation sites excluding steroid dienone is 2. The van der Waals surface area contributed by atoms with E-state index in [1.165, 1.54) is 36.4 Å². The second-order valence-corrected chi connectivity index (χ2v) is 17.5. The summed E-state index contributed by atoms with van der Waals surface area (Å²) in [6, 6.07) is 8.70. The summed E-state index contributed by atoms with van der Waals surface area (Å²) in [4.78, 5) is 21.4. The predicted octanol–water partition coefficient (Wildman–Crippen LogP) is 1.58. The average Bonchev–Trinajstić information content (AvgIpc) is 3.09. The second kappa shape index (κ2) is 16.5. The number of hydrazone groups is 2. The van der Waals surface area contributed by atoms with Crippen molar-refractivity contribution in [3.8, 4) is 22.6 Å². The molecule has 22 nitrogen and oxygen atoms in total. The first kappa shape index (κ1) is 47.2. The third-order valence-corrected chi connectivity index (χ3v) is 12.1. The van der Waals surface area contributed by atoms with Crippen molar-refractivity contribution in [3.63, 3.8) is 0 Å². The molecule has 0 aromatic heterocycles. The number of nitrogens with one attached hydrogen (secondary N) is 2. The van der Waals surface area contributed by atoms with Gasteiger partial charge in [-0.05, 0) is 59.7 Å². The Labute approximate surface area is 359 Å². The summed E-state index contributed by atoms with van der Waals surface area (Å²) < 4.78 is 137. The summed E-state index contributed by atoms with van der Waals surface area (Å²) in [5.41, 5.74) is 12.0. The van der Waals surface area contributed by atoms with Crippen molar-refractivity contribution >= 4 is 98.4 Å². The number of nitrogens with zero attached hydrogens (tertiary/aromatic N) is 2. The van der Waals surface area contributed by atoms with Crippen LogP contribution in [0.3, 0.4) is 0 Å². The molecule has 0 aliphatic heterocycles. The normalized spacial score (nSPS) is 15.2. The fraction of sp³-hybridized carbons (Fsp3) is 0. The van der Waals surface area contributed by atoms with Gasteiger partial charge in [0, 0.05) is 51.0 Å². The van der Waals surface area contributed by atoms with Crippen molar-refractivity contribution in [2.75, 3.05) is 22.3 Å². The predicted molar refractivity (Wildman–Crippen MR) is 201 cm³/mol. The van der Waals surface area contributed by atoms with Crippen LogP contribution >= 0.6 is 0 Å². The van der Waals surface area contributed by atoms with Crippen LogP contribution in [0, 0.1) is 0 Å². The smallest absolute Gasteiger partial charge is 0.296 e. The summed E-state index contributed by atoms with van der Waals surface area (Å²) in [7, 11) is -21.4. The molecule has 60 heavy (non-hydrogen) atoms. The number of Topliss-reactive ketones (excluding diaryl/α,β-unsaturated/α-hetero) is 2. The molecule has 28 heteroatoms. The summed E-state index contributed by atoms with van der Waals surface area (Å²) in [6.07, 6.45) is 3.80. The Kier molecular flexibility index (Phi) is 13.0. The van der Waals surface area contributed by atoms with Crippen LogP contribution in [0.4, 0.5) is 22.7 Å². The van der Waals surface area contributed by atoms with Crippen LogP contribution in [0.15, 0.2) is 90.5 Å². The summed E-state index contributed by atoms with van der Waals surface area (Å²) >= 11 is 0. The number of aromatic hydroxyl groups is 2. The van der Waals surface area contributed by atoms with E-state index < -0.39 is 128 Å². The molecule has 0 bridgehead atoms. The number of benzene rings is 4. The van der Waals surface area contributed by atoms with Crippen molar-refractivity contribution in [2.45, 2.75) is 19.6 Å². The number of hydrogen-bond acceptors (Lipinski definition) is 20. The van der Waals surface area contributed by atoms with E-state index >= 15 is 0 Å². The van der Waals surface area contributed by atoms with Gasteiger partial charge in [-0.2, -0.15) is 27.0 Å². The van der Waals surface area contributed by atoms with Gasteiger partial charge in [0.2, 0.25) is 11.6 Å². The molecule has 0 unspecified atom stereocenters. The SMILES string of the molecule is Nc1cc(S(=O)(=O)O)c(S(=O)(=O)O)c2c1C(=O)C(=NNc1ccc(-c3ccc(NN=C4C=Cc5c(S(=O)(=O)[O-])cc(S(=O)(=O)[O-])c(N)c5C4=O)c(O)c3)cc1O)C=C2.[Cu].[Cu]. The minimum atomic E-state index is -5.44. The third-order valence-electron chi connectivity index (χ3n) is 8.38. The van der Waals surface area contributed by atoms with Gasteiger partial charge in [-0.1, -0.05) is 24.3 Å². The molecule has 0 spiro atoms. The number of nitrogens with two attached hydrogens (primary N) is 2. The van der Waals surface area contributed by atoms with Gasteiger partial charge in [-0.3, -0.25) is 29.5 Å². The average molecular weight is 1000 g/mol. The van der Waals surface area contributed by atoms with E-state index in [1.54, 1.807) is 0 Å². The molecule has 0 heterocycles. The monoisotopic (exact) mass is 1000 g/mol. The van der Waals surface area contributed by atoms with Gasteiger partial charge in [0.1, 0.15) is 52.9 Å². The van der Waals surface area contributed by atoms with Crippen LogP contribution in [0.2, 0.25) is 0 Å². The molecule has 4 aromatic carbocycles. The summed E-state index contributed by atoms with van der Waals surface area (Å²) in [5, 5.41) is 29.1. The van der Waals surface area contributed by atoms with Crippen molar-refractivity contribution in [1.82, 2.24) is 0 Å². The molecule has 6 rings (SSSR count). The van der Waals surface area contributed by atoms with Gasteiger partial charge in [-0.25, -0.2) is 16.8 Å². The van der Waals surface area contributed by atoms with Gasteiger partial charge in [0.25, 0.3) is 20.2 Å². The molecule has 0 atom stereocenters. The molecule has 324 valence electrons.